The van der Waals surface area contributed by atoms with Crippen LogP contribution in [0.5, 0.6) is 17.2 Å². The van der Waals surface area contributed by atoms with Crippen molar-refractivity contribution < 1.29 is 19.0 Å². The lowest BCUT2D eigenvalue weighted by atomic mass is 10.2. The molecule has 0 aliphatic carbocycles. The summed E-state index contributed by atoms with van der Waals surface area (Å²) in [4.78, 5) is 12.3. The highest BCUT2D eigenvalue weighted by atomic mass is 16.5. The maximum absolute atomic E-state index is 12.3. The van der Waals surface area contributed by atoms with Gasteiger partial charge < -0.3 is 19.5 Å². The first-order chi connectivity index (χ1) is 12.7. The molecular weight excluding hydrogens is 330 g/mol. The molecule has 1 N–H and O–H groups in total. The van der Waals surface area contributed by atoms with E-state index < -0.39 is 6.10 Å². The van der Waals surface area contributed by atoms with E-state index in [0.717, 1.165) is 12.2 Å². The second kappa shape index (κ2) is 10.3. The highest BCUT2D eigenvalue weighted by Crippen LogP contribution is 2.27. The van der Waals surface area contributed by atoms with Crippen molar-refractivity contribution in [2.75, 3.05) is 20.3 Å². The Morgan fingerprint density at radius 3 is 2.35 bits per heavy atom. The van der Waals surface area contributed by atoms with Crippen molar-refractivity contribution in [2.24, 2.45) is 0 Å². The molecule has 0 spiro atoms. The third-order valence-corrected chi connectivity index (χ3v) is 4.00. The third-order valence-electron chi connectivity index (χ3n) is 4.00. The van der Waals surface area contributed by atoms with Crippen LogP contribution in [0, 0.1) is 0 Å². The zero-order valence-electron chi connectivity index (χ0n) is 15.7. The monoisotopic (exact) mass is 357 g/mol. The van der Waals surface area contributed by atoms with Crippen molar-refractivity contribution in [3.63, 3.8) is 0 Å². The van der Waals surface area contributed by atoms with Gasteiger partial charge in [-0.25, -0.2) is 0 Å². The van der Waals surface area contributed by atoms with E-state index in [9.17, 15) is 4.79 Å². The van der Waals surface area contributed by atoms with Crippen LogP contribution in [0.2, 0.25) is 0 Å². The van der Waals surface area contributed by atoms with E-state index >= 15 is 0 Å². The van der Waals surface area contributed by atoms with Gasteiger partial charge in [0.15, 0.2) is 17.6 Å². The summed E-state index contributed by atoms with van der Waals surface area (Å²) in [7, 11) is 1.58. The summed E-state index contributed by atoms with van der Waals surface area (Å²) in [5.74, 6) is 1.80. The molecule has 26 heavy (non-hydrogen) atoms. The quantitative estimate of drug-likeness (QED) is 0.660. The van der Waals surface area contributed by atoms with Crippen LogP contribution < -0.4 is 19.5 Å². The summed E-state index contributed by atoms with van der Waals surface area (Å²) in [6.45, 7) is 4.84. The number of aryl methyl sites for hydroxylation is 1. The van der Waals surface area contributed by atoms with E-state index in [0.29, 0.717) is 31.1 Å². The van der Waals surface area contributed by atoms with Crippen LogP contribution in [0.15, 0.2) is 48.5 Å². The third kappa shape index (κ3) is 5.69. The maximum Gasteiger partial charge on any atom is 0.261 e. The van der Waals surface area contributed by atoms with Crippen molar-refractivity contribution in [2.45, 2.75) is 32.8 Å². The fourth-order valence-electron chi connectivity index (χ4n) is 2.47. The van der Waals surface area contributed by atoms with Gasteiger partial charge in [-0.1, -0.05) is 38.1 Å². The van der Waals surface area contributed by atoms with Gasteiger partial charge in [-0.15, -0.1) is 0 Å². The Bertz CT molecular complexity index is 685. The minimum atomic E-state index is -0.574. The molecule has 2 rings (SSSR count). The van der Waals surface area contributed by atoms with Gasteiger partial charge in [0.25, 0.3) is 5.91 Å². The molecule has 0 saturated carbocycles. The van der Waals surface area contributed by atoms with Crippen molar-refractivity contribution in [3.05, 3.63) is 54.1 Å². The molecule has 0 aliphatic heterocycles. The number of carbonyl (C=O) groups excluding carboxylic acids is 1. The lowest BCUT2D eigenvalue weighted by Gasteiger charge is -2.19. The second-order valence-corrected chi connectivity index (χ2v) is 5.80. The van der Waals surface area contributed by atoms with Gasteiger partial charge in [-0.2, -0.15) is 0 Å². The molecule has 5 heteroatoms. The number of hydrogen-bond donors (Lipinski definition) is 1. The summed E-state index contributed by atoms with van der Waals surface area (Å²) in [6.07, 6.45) is 0.986. The number of hydrogen-bond acceptors (Lipinski definition) is 4. The Morgan fingerprint density at radius 2 is 1.73 bits per heavy atom. The lowest BCUT2D eigenvalue weighted by Crippen LogP contribution is -2.39. The van der Waals surface area contributed by atoms with Crippen LogP contribution in [-0.2, 0) is 11.2 Å². The number of nitrogens with one attached hydrogen (secondary N) is 1. The molecule has 140 valence electrons. The van der Waals surface area contributed by atoms with Gasteiger partial charge in [-0.05, 0) is 42.7 Å². The van der Waals surface area contributed by atoms with Crippen molar-refractivity contribution in [1.82, 2.24) is 5.32 Å². The van der Waals surface area contributed by atoms with Crippen LogP contribution in [0.1, 0.15) is 25.8 Å². The van der Waals surface area contributed by atoms with Crippen molar-refractivity contribution >= 4 is 5.91 Å². The number of methoxy groups -OCH3 is 1. The normalized spacial score (nSPS) is 11.5. The molecule has 0 radical (unpaired) electrons. The van der Waals surface area contributed by atoms with Crippen LogP contribution >= 0.6 is 0 Å². The molecule has 1 amide bonds. The first-order valence-electron chi connectivity index (χ1n) is 8.97. The molecule has 0 bridgehead atoms. The fourth-order valence-corrected chi connectivity index (χ4v) is 2.47. The SMILES string of the molecule is CCc1ccc(OCCNC(=O)[C@@H](CC)Oc2ccccc2OC)cc1. The van der Waals surface area contributed by atoms with E-state index in [2.05, 4.69) is 12.2 Å². The zero-order chi connectivity index (χ0) is 18.8. The molecule has 0 aliphatic rings. The number of benzene rings is 2. The predicted octanol–water partition coefficient (Wildman–Crippen LogP) is 3.61. The van der Waals surface area contributed by atoms with Gasteiger partial charge in [-0.3, -0.25) is 4.79 Å². The largest absolute Gasteiger partial charge is 0.493 e. The minimum Gasteiger partial charge on any atom is -0.493 e. The Labute approximate surface area is 155 Å². The Kier molecular flexibility index (Phi) is 7.80. The van der Waals surface area contributed by atoms with E-state index in [4.69, 9.17) is 14.2 Å². The fraction of sp³-hybridized carbons (Fsp3) is 0.381. The van der Waals surface area contributed by atoms with Crippen LogP contribution in [-0.4, -0.2) is 32.3 Å². The van der Waals surface area contributed by atoms with Crippen LogP contribution in [0.3, 0.4) is 0 Å². The predicted molar refractivity (Wildman–Crippen MR) is 102 cm³/mol. The molecular formula is C21H27NO4. The number of ether oxygens (including phenoxy) is 3. The molecule has 5 nitrogen and oxygen atoms in total. The van der Waals surface area contributed by atoms with E-state index in [1.165, 1.54) is 5.56 Å². The van der Waals surface area contributed by atoms with Crippen molar-refractivity contribution in [3.8, 4) is 17.2 Å². The van der Waals surface area contributed by atoms with E-state index in [1.54, 1.807) is 19.2 Å². The highest BCUT2D eigenvalue weighted by molar-refractivity contribution is 5.81. The number of amides is 1. The average molecular weight is 357 g/mol. The zero-order valence-corrected chi connectivity index (χ0v) is 15.7. The van der Waals surface area contributed by atoms with Crippen molar-refractivity contribution in [1.29, 1.82) is 0 Å². The number of para-hydroxylation sites is 2. The molecule has 0 unspecified atom stereocenters. The molecule has 1 atom stereocenters. The average Bonchev–Trinajstić information content (AvgIpc) is 2.69. The molecule has 0 aromatic heterocycles. The summed E-state index contributed by atoms with van der Waals surface area (Å²) in [5.41, 5.74) is 1.27. The Balaban J connectivity index is 1.79. The molecule has 2 aromatic rings. The molecule has 2 aromatic carbocycles. The first-order valence-corrected chi connectivity index (χ1v) is 8.97. The summed E-state index contributed by atoms with van der Waals surface area (Å²) >= 11 is 0. The summed E-state index contributed by atoms with van der Waals surface area (Å²) in [5, 5.41) is 2.85. The standard InChI is InChI=1S/C21H27NO4/c1-4-16-10-12-17(13-11-16)25-15-14-22-21(23)18(5-2)26-20-9-7-6-8-19(20)24-3/h6-13,18H,4-5,14-15H2,1-3H3,(H,22,23)/t18-/m1/s1. The van der Waals surface area contributed by atoms with E-state index in [-0.39, 0.29) is 5.91 Å². The highest BCUT2D eigenvalue weighted by Gasteiger charge is 2.19. The second-order valence-electron chi connectivity index (χ2n) is 5.80. The minimum absolute atomic E-state index is 0.164. The molecule has 0 heterocycles. The van der Waals surface area contributed by atoms with Gasteiger partial charge >= 0.3 is 0 Å². The number of carbonyl (C=O) groups is 1. The maximum atomic E-state index is 12.3. The smallest absolute Gasteiger partial charge is 0.261 e. The van der Waals surface area contributed by atoms with Gasteiger partial charge in [0.1, 0.15) is 12.4 Å². The lowest BCUT2D eigenvalue weighted by molar-refractivity contribution is -0.128. The summed E-state index contributed by atoms with van der Waals surface area (Å²) in [6, 6.07) is 15.3. The van der Waals surface area contributed by atoms with Crippen LogP contribution in [0.4, 0.5) is 0 Å². The first kappa shape index (κ1) is 19.6. The van der Waals surface area contributed by atoms with Gasteiger partial charge in [0.2, 0.25) is 0 Å². The Morgan fingerprint density at radius 1 is 1.04 bits per heavy atom. The van der Waals surface area contributed by atoms with Crippen LogP contribution in [0.25, 0.3) is 0 Å². The Hall–Kier alpha value is -2.69. The van der Waals surface area contributed by atoms with Gasteiger partial charge in [0, 0.05) is 0 Å². The molecule has 0 saturated heterocycles. The topological polar surface area (TPSA) is 56.8 Å². The van der Waals surface area contributed by atoms with Gasteiger partial charge in [0.05, 0.1) is 13.7 Å². The summed E-state index contributed by atoms with van der Waals surface area (Å²) < 4.78 is 16.7. The van der Waals surface area contributed by atoms with E-state index in [1.807, 2.05) is 43.3 Å². The molecule has 0 fully saturated rings. The number of rotatable bonds is 10.